The minimum atomic E-state index is -0.456. The number of anilines is 1. The van der Waals surface area contributed by atoms with Crippen molar-refractivity contribution in [3.63, 3.8) is 0 Å². The lowest BCUT2D eigenvalue weighted by atomic mass is 10.1. The second kappa shape index (κ2) is 7.91. The topological polar surface area (TPSA) is 54.3 Å². The first-order valence-electron chi connectivity index (χ1n) is 9.82. The van der Waals surface area contributed by atoms with Crippen molar-refractivity contribution in [2.45, 2.75) is 30.7 Å². The third kappa shape index (κ3) is 3.74. The van der Waals surface area contributed by atoms with Gasteiger partial charge in [0.1, 0.15) is 10.9 Å². The summed E-state index contributed by atoms with van der Waals surface area (Å²) in [5.74, 6) is 0.262. The maximum Gasteiger partial charge on any atom is 0.224 e. The predicted octanol–water partition coefficient (Wildman–Crippen LogP) is 4.72. The molecule has 0 saturated carbocycles. The van der Waals surface area contributed by atoms with Crippen molar-refractivity contribution in [2.24, 2.45) is 4.99 Å². The highest BCUT2D eigenvalue weighted by atomic mass is 32.2. The molecule has 3 aromatic rings. The molecule has 0 bridgehead atoms. The molecule has 1 fully saturated rings. The molecule has 7 heteroatoms. The molecule has 0 amide bonds. The first-order valence-corrected chi connectivity index (χ1v) is 10.6. The van der Waals surface area contributed by atoms with E-state index in [9.17, 15) is 4.39 Å². The van der Waals surface area contributed by atoms with E-state index in [2.05, 4.69) is 19.9 Å². The minimum Gasteiger partial charge on any atom is -0.357 e. The van der Waals surface area contributed by atoms with E-state index in [-0.39, 0.29) is 0 Å². The van der Waals surface area contributed by atoms with Gasteiger partial charge in [-0.3, -0.25) is 9.98 Å². The van der Waals surface area contributed by atoms with Gasteiger partial charge in [-0.15, -0.1) is 0 Å². The molecular formula is C22H20FN5S. The second-order valence-electron chi connectivity index (χ2n) is 7.16. The van der Waals surface area contributed by atoms with Crippen LogP contribution in [0.5, 0.6) is 0 Å². The molecule has 0 N–H and O–H groups in total. The third-order valence-corrected chi connectivity index (χ3v) is 6.35. The van der Waals surface area contributed by atoms with Gasteiger partial charge >= 0.3 is 0 Å². The van der Waals surface area contributed by atoms with Gasteiger partial charge in [0.25, 0.3) is 0 Å². The Kier molecular flexibility index (Phi) is 4.97. The van der Waals surface area contributed by atoms with Crippen LogP contribution < -0.4 is 4.90 Å². The van der Waals surface area contributed by atoms with Crippen molar-refractivity contribution in [3.05, 3.63) is 66.0 Å². The fraction of sp³-hybridized carbons (Fsp3) is 0.273. The second-order valence-corrected chi connectivity index (χ2v) is 8.19. The summed E-state index contributed by atoms with van der Waals surface area (Å²) < 4.78 is 14.8. The average Bonchev–Trinajstić information content (AvgIpc) is 2.79. The standard InChI is InChI=1S/C22H20FN5S/c23-21-16(6-9-20(27-21)28-11-2-1-3-12-28)22-25-14-18-19(29-22)8-7-17(26-18)15-5-4-10-24-13-15/h4-10,13H,1-3,11-12,14H2. The van der Waals surface area contributed by atoms with Gasteiger partial charge in [-0.05, 0) is 55.7 Å². The first-order chi connectivity index (χ1) is 14.3. The van der Waals surface area contributed by atoms with Crippen molar-refractivity contribution in [2.75, 3.05) is 18.0 Å². The van der Waals surface area contributed by atoms with Crippen molar-refractivity contribution < 1.29 is 4.39 Å². The summed E-state index contributed by atoms with van der Waals surface area (Å²) in [4.78, 5) is 20.8. The number of thioether (sulfide) groups is 1. The Morgan fingerprint density at radius 3 is 2.66 bits per heavy atom. The number of aliphatic imine (C=N–C) groups is 1. The molecule has 3 aromatic heterocycles. The van der Waals surface area contributed by atoms with Gasteiger partial charge in [0.15, 0.2) is 0 Å². The van der Waals surface area contributed by atoms with Crippen LogP contribution in [-0.2, 0) is 6.54 Å². The summed E-state index contributed by atoms with van der Waals surface area (Å²) in [7, 11) is 0. The Balaban J connectivity index is 1.38. The molecule has 5 heterocycles. The third-order valence-electron chi connectivity index (χ3n) is 5.21. The molecule has 5 rings (SSSR count). The highest BCUT2D eigenvalue weighted by molar-refractivity contribution is 8.14. The van der Waals surface area contributed by atoms with E-state index >= 15 is 0 Å². The van der Waals surface area contributed by atoms with E-state index in [0.29, 0.717) is 17.2 Å². The monoisotopic (exact) mass is 405 g/mol. The van der Waals surface area contributed by atoms with E-state index in [4.69, 9.17) is 4.98 Å². The zero-order valence-corrected chi connectivity index (χ0v) is 16.7. The van der Waals surface area contributed by atoms with Gasteiger partial charge in [0.05, 0.1) is 23.5 Å². The highest BCUT2D eigenvalue weighted by Gasteiger charge is 2.21. The summed E-state index contributed by atoms with van der Waals surface area (Å²) in [6, 6.07) is 11.6. The number of hydrogen-bond acceptors (Lipinski definition) is 6. The Bertz CT molecular complexity index is 1060. The number of hydrogen-bond donors (Lipinski definition) is 0. The van der Waals surface area contributed by atoms with Crippen LogP contribution in [0.15, 0.2) is 58.7 Å². The summed E-state index contributed by atoms with van der Waals surface area (Å²) in [6.07, 6.45) is 7.05. The van der Waals surface area contributed by atoms with Gasteiger partial charge < -0.3 is 4.90 Å². The van der Waals surface area contributed by atoms with Crippen LogP contribution in [-0.4, -0.2) is 33.1 Å². The Morgan fingerprint density at radius 2 is 1.86 bits per heavy atom. The van der Waals surface area contributed by atoms with Crippen molar-refractivity contribution in [1.82, 2.24) is 15.0 Å². The largest absolute Gasteiger partial charge is 0.357 e. The molecule has 29 heavy (non-hydrogen) atoms. The molecule has 146 valence electrons. The zero-order valence-electron chi connectivity index (χ0n) is 15.9. The van der Waals surface area contributed by atoms with Crippen molar-refractivity contribution >= 4 is 22.6 Å². The minimum absolute atomic E-state index is 0.430. The van der Waals surface area contributed by atoms with Gasteiger partial charge in [-0.2, -0.15) is 4.39 Å². The molecule has 0 radical (unpaired) electrons. The Hall–Kier alpha value is -2.80. The molecule has 0 aromatic carbocycles. The van der Waals surface area contributed by atoms with Crippen LogP contribution in [0.2, 0.25) is 0 Å². The number of halogens is 1. The van der Waals surface area contributed by atoms with Gasteiger partial charge in [-0.25, -0.2) is 9.97 Å². The van der Waals surface area contributed by atoms with E-state index in [1.165, 1.54) is 18.2 Å². The highest BCUT2D eigenvalue weighted by Crippen LogP contribution is 2.33. The fourth-order valence-electron chi connectivity index (χ4n) is 3.68. The SMILES string of the molecule is Fc1nc(N2CCCCC2)ccc1C1=NCc2nc(-c3cccnc3)ccc2S1. The molecule has 0 spiro atoms. The average molecular weight is 406 g/mol. The summed E-state index contributed by atoms with van der Waals surface area (Å²) in [5.41, 5.74) is 3.20. The number of fused-ring (bicyclic) bond motifs is 1. The molecule has 5 nitrogen and oxygen atoms in total. The maximum absolute atomic E-state index is 14.8. The smallest absolute Gasteiger partial charge is 0.224 e. The molecule has 0 aliphatic carbocycles. The lowest BCUT2D eigenvalue weighted by molar-refractivity contribution is 0.552. The molecule has 2 aliphatic heterocycles. The maximum atomic E-state index is 14.8. The number of pyridine rings is 3. The predicted molar refractivity (Wildman–Crippen MR) is 114 cm³/mol. The Morgan fingerprint density at radius 1 is 0.966 bits per heavy atom. The van der Waals surface area contributed by atoms with E-state index in [0.717, 1.165) is 53.6 Å². The van der Waals surface area contributed by atoms with Crippen molar-refractivity contribution in [3.8, 4) is 11.3 Å². The fourth-order valence-corrected chi connectivity index (χ4v) is 4.64. The van der Waals surface area contributed by atoms with Crippen LogP contribution >= 0.6 is 11.8 Å². The normalized spacial score (nSPS) is 16.3. The summed E-state index contributed by atoms with van der Waals surface area (Å²) in [6.45, 7) is 2.32. The van der Waals surface area contributed by atoms with Crippen LogP contribution in [0.4, 0.5) is 10.2 Å². The van der Waals surface area contributed by atoms with Crippen LogP contribution in [0.3, 0.4) is 0 Å². The Labute approximate surface area is 173 Å². The van der Waals surface area contributed by atoms with Gasteiger partial charge in [0, 0.05) is 35.9 Å². The van der Waals surface area contributed by atoms with Gasteiger partial charge in [0.2, 0.25) is 5.95 Å². The van der Waals surface area contributed by atoms with E-state index in [1.807, 2.05) is 30.3 Å². The lowest BCUT2D eigenvalue weighted by Crippen LogP contribution is -2.30. The van der Waals surface area contributed by atoms with Crippen LogP contribution in [0.1, 0.15) is 30.5 Å². The van der Waals surface area contributed by atoms with E-state index < -0.39 is 5.95 Å². The number of rotatable bonds is 3. The molecule has 1 saturated heterocycles. The number of aromatic nitrogens is 3. The quantitative estimate of drug-likeness (QED) is 0.590. The van der Waals surface area contributed by atoms with E-state index in [1.54, 1.807) is 18.5 Å². The lowest BCUT2D eigenvalue weighted by Gasteiger charge is -2.27. The molecule has 0 unspecified atom stereocenters. The summed E-state index contributed by atoms with van der Waals surface area (Å²) >= 11 is 1.45. The molecule has 2 aliphatic rings. The van der Waals surface area contributed by atoms with Crippen molar-refractivity contribution in [1.29, 1.82) is 0 Å². The van der Waals surface area contributed by atoms with Gasteiger partial charge in [-0.1, -0.05) is 11.8 Å². The van der Waals surface area contributed by atoms with Crippen LogP contribution in [0.25, 0.3) is 11.3 Å². The number of nitrogens with zero attached hydrogens (tertiary/aromatic N) is 5. The first kappa shape index (κ1) is 18.2. The molecule has 0 atom stereocenters. The number of piperidine rings is 1. The zero-order chi connectivity index (χ0) is 19.6. The molecular weight excluding hydrogens is 385 g/mol. The van der Waals surface area contributed by atoms with Crippen LogP contribution in [0, 0.1) is 5.95 Å². The summed E-state index contributed by atoms with van der Waals surface area (Å²) in [5, 5.41) is 0.656.